The molecule has 3 rings (SSSR count). The Bertz CT molecular complexity index is 812. The molecule has 0 aliphatic carbocycles. The smallest absolute Gasteiger partial charge is 0.211 e. The summed E-state index contributed by atoms with van der Waals surface area (Å²) >= 11 is 0. The molecule has 2 aromatic rings. The molecule has 0 N–H and O–H groups in total. The van der Waals surface area contributed by atoms with E-state index in [1.165, 1.54) is 6.26 Å². The van der Waals surface area contributed by atoms with Gasteiger partial charge < -0.3 is 4.90 Å². The number of fused-ring (bicyclic) bond motifs is 1. The zero-order valence-electron chi connectivity index (χ0n) is 13.3. The van der Waals surface area contributed by atoms with E-state index in [4.69, 9.17) is 0 Å². The van der Waals surface area contributed by atoms with E-state index in [1.807, 2.05) is 26.8 Å². The van der Waals surface area contributed by atoms with E-state index in [0.717, 1.165) is 16.9 Å². The van der Waals surface area contributed by atoms with Crippen molar-refractivity contribution in [3.05, 3.63) is 24.3 Å². The minimum absolute atomic E-state index is 0.458. The van der Waals surface area contributed by atoms with Gasteiger partial charge in [-0.15, -0.1) is 0 Å². The highest BCUT2D eigenvalue weighted by Crippen LogP contribution is 2.30. The van der Waals surface area contributed by atoms with E-state index < -0.39 is 15.6 Å². The zero-order chi connectivity index (χ0) is 16.1. The zero-order valence-corrected chi connectivity index (χ0v) is 14.1. The molecule has 0 atom stereocenters. The van der Waals surface area contributed by atoms with Gasteiger partial charge in [-0.3, -0.25) is 0 Å². The van der Waals surface area contributed by atoms with Crippen molar-refractivity contribution in [2.24, 2.45) is 0 Å². The Morgan fingerprint density at radius 1 is 1.27 bits per heavy atom. The maximum Gasteiger partial charge on any atom is 0.211 e. The van der Waals surface area contributed by atoms with Crippen LogP contribution in [0.5, 0.6) is 0 Å². The Morgan fingerprint density at radius 3 is 2.64 bits per heavy atom. The quantitative estimate of drug-likeness (QED) is 0.821. The van der Waals surface area contributed by atoms with Crippen LogP contribution in [0.3, 0.4) is 0 Å². The number of anilines is 1. The Kier molecular flexibility index (Phi) is 3.41. The van der Waals surface area contributed by atoms with Crippen molar-refractivity contribution >= 4 is 21.2 Å². The molecule has 0 radical (unpaired) electrons. The molecule has 120 valence electrons. The second-order valence-corrected chi connectivity index (χ2v) is 8.37. The highest BCUT2D eigenvalue weighted by atomic mass is 32.2. The van der Waals surface area contributed by atoms with Gasteiger partial charge in [-0.05, 0) is 26.8 Å². The second kappa shape index (κ2) is 4.92. The third kappa shape index (κ3) is 2.56. The lowest BCUT2D eigenvalue weighted by molar-refractivity contribution is 0.206. The summed E-state index contributed by atoms with van der Waals surface area (Å²) in [7, 11) is -3.20. The average Bonchev–Trinajstić information content (AvgIpc) is 2.82. The number of hydrogen-bond acceptors (Lipinski definition) is 5. The summed E-state index contributed by atoms with van der Waals surface area (Å²) in [6, 6.07) is 2.03. The number of hydrogen-bond donors (Lipinski definition) is 0. The van der Waals surface area contributed by atoms with Gasteiger partial charge in [-0.1, -0.05) is 0 Å². The van der Waals surface area contributed by atoms with Crippen LogP contribution in [-0.4, -0.2) is 58.8 Å². The number of piperazine rings is 1. The molecular weight excluding hydrogens is 302 g/mol. The fraction of sp³-hybridized carbons (Fsp3) is 0.571. The first-order chi connectivity index (χ1) is 10.2. The first-order valence-corrected chi connectivity index (χ1v) is 9.06. The van der Waals surface area contributed by atoms with Crippen LogP contribution in [-0.2, 0) is 10.0 Å². The lowest BCUT2D eigenvalue weighted by Crippen LogP contribution is -2.60. The molecule has 8 heteroatoms. The summed E-state index contributed by atoms with van der Waals surface area (Å²) in [5.41, 5.74) is 2.43. The molecule has 0 spiro atoms. The number of rotatable bonds is 2. The Hall–Kier alpha value is -1.67. The molecule has 0 aromatic carbocycles. The van der Waals surface area contributed by atoms with Gasteiger partial charge in [0.1, 0.15) is 11.8 Å². The van der Waals surface area contributed by atoms with Crippen LogP contribution in [0.4, 0.5) is 5.69 Å². The van der Waals surface area contributed by atoms with E-state index in [1.54, 1.807) is 21.3 Å². The normalized spacial score (nSPS) is 19.7. The summed E-state index contributed by atoms with van der Waals surface area (Å²) in [5, 5.41) is 4.40. The van der Waals surface area contributed by atoms with Gasteiger partial charge >= 0.3 is 0 Å². The van der Waals surface area contributed by atoms with Gasteiger partial charge in [-0.25, -0.2) is 17.9 Å². The molecule has 7 nitrogen and oxygen atoms in total. The minimum atomic E-state index is -3.20. The molecule has 1 aliphatic rings. The summed E-state index contributed by atoms with van der Waals surface area (Å²) in [4.78, 5) is 6.37. The Labute approximate surface area is 130 Å². The average molecular weight is 323 g/mol. The monoisotopic (exact) mass is 323 g/mol. The van der Waals surface area contributed by atoms with E-state index in [0.29, 0.717) is 19.6 Å². The van der Waals surface area contributed by atoms with Crippen molar-refractivity contribution in [2.75, 3.05) is 30.8 Å². The lowest BCUT2D eigenvalue weighted by atomic mass is 10.0. The summed E-state index contributed by atoms with van der Waals surface area (Å²) in [5.74, 6) is 0. The maximum absolute atomic E-state index is 12.0. The molecule has 2 aromatic heterocycles. The molecule has 1 fully saturated rings. The fourth-order valence-corrected chi connectivity index (χ4v) is 4.60. The number of aryl methyl sites for hydroxylation is 1. The standard InChI is InChI=1S/C14H21N5O2S/c1-11-7-12(13-8-15-10-18(13)16-11)17-5-6-19(22(4,20)21)14(2,3)9-17/h7-8,10H,5-6,9H2,1-4H3. The van der Waals surface area contributed by atoms with Crippen molar-refractivity contribution in [3.63, 3.8) is 0 Å². The van der Waals surface area contributed by atoms with Gasteiger partial charge in [0.25, 0.3) is 0 Å². The van der Waals surface area contributed by atoms with E-state index in [9.17, 15) is 8.42 Å². The molecule has 1 aliphatic heterocycles. The number of imidazole rings is 1. The van der Waals surface area contributed by atoms with E-state index >= 15 is 0 Å². The molecular formula is C14H21N5O2S. The second-order valence-electron chi connectivity index (χ2n) is 6.46. The number of nitrogens with zero attached hydrogens (tertiary/aromatic N) is 5. The molecule has 0 amide bonds. The van der Waals surface area contributed by atoms with Crippen LogP contribution in [0.2, 0.25) is 0 Å². The number of sulfonamides is 1. The predicted molar refractivity (Wildman–Crippen MR) is 85.6 cm³/mol. The first kappa shape index (κ1) is 15.2. The Morgan fingerprint density at radius 2 is 2.00 bits per heavy atom. The van der Waals surface area contributed by atoms with Gasteiger partial charge in [0.05, 0.1) is 23.8 Å². The van der Waals surface area contributed by atoms with Gasteiger partial charge in [-0.2, -0.15) is 9.40 Å². The largest absolute Gasteiger partial charge is 0.366 e. The van der Waals surface area contributed by atoms with Crippen LogP contribution in [0, 0.1) is 6.92 Å². The summed E-state index contributed by atoms with van der Waals surface area (Å²) in [6.07, 6.45) is 4.75. The van der Waals surface area contributed by atoms with Crippen molar-refractivity contribution in [1.29, 1.82) is 0 Å². The van der Waals surface area contributed by atoms with Crippen molar-refractivity contribution in [3.8, 4) is 0 Å². The van der Waals surface area contributed by atoms with E-state index in [-0.39, 0.29) is 0 Å². The number of aromatic nitrogens is 3. The van der Waals surface area contributed by atoms with Crippen molar-refractivity contribution < 1.29 is 8.42 Å². The van der Waals surface area contributed by atoms with Gasteiger partial charge in [0.15, 0.2) is 0 Å². The summed E-state index contributed by atoms with van der Waals surface area (Å²) < 4.78 is 27.3. The van der Waals surface area contributed by atoms with Crippen LogP contribution in [0.15, 0.2) is 18.6 Å². The van der Waals surface area contributed by atoms with Crippen LogP contribution < -0.4 is 4.90 Å². The summed E-state index contributed by atoms with van der Waals surface area (Å²) in [6.45, 7) is 7.63. The lowest BCUT2D eigenvalue weighted by Gasteiger charge is -2.46. The molecule has 0 bridgehead atoms. The predicted octanol–water partition coefficient (Wildman–Crippen LogP) is 0.898. The van der Waals surface area contributed by atoms with Crippen molar-refractivity contribution in [1.82, 2.24) is 18.9 Å². The van der Waals surface area contributed by atoms with Gasteiger partial charge in [0.2, 0.25) is 10.0 Å². The maximum atomic E-state index is 12.0. The SMILES string of the molecule is Cc1cc(N2CCN(S(C)(=O)=O)C(C)(C)C2)c2cncn2n1. The Balaban J connectivity index is 1.99. The molecule has 22 heavy (non-hydrogen) atoms. The molecule has 1 saturated heterocycles. The minimum Gasteiger partial charge on any atom is -0.366 e. The molecule has 0 saturated carbocycles. The third-order valence-corrected chi connectivity index (χ3v) is 5.54. The van der Waals surface area contributed by atoms with E-state index in [2.05, 4.69) is 15.0 Å². The van der Waals surface area contributed by atoms with Crippen molar-refractivity contribution in [2.45, 2.75) is 26.3 Å². The topological polar surface area (TPSA) is 70.8 Å². The highest BCUT2D eigenvalue weighted by molar-refractivity contribution is 7.88. The first-order valence-electron chi connectivity index (χ1n) is 7.21. The van der Waals surface area contributed by atoms with Gasteiger partial charge in [0, 0.05) is 25.2 Å². The van der Waals surface area contributed by atoms with Crippen LogP contribution in [0.25, 0.3) is 5.52 Å². The third-order valence-electron chi connectivity index (χ3n) is 4.06. The molecule has 0 unspecified atom stereocenters. The highest BCUT2D eigenvalue weighted by Gasteiger charge is 2.39. The molecule has 3 heterocycles. The fourth-order valence-electron chi connectivity index (χ4n) is 3.24. The van der Waals surface area contributed by atoms with Crippen LogP contribution >= 0.6 is 0 Å². The van der Waals surface area contributed by atoms with Crippen LogP contribution in [0.1, 0.15) is 19.5 Å².